The van der Waals surface area contributed by atoms with Gasteiger partial charge in [-0.05, 0) is 148 Å². The molecule has 0 N–H and O–H groups in total. The van der Waals surface area contributed by atoms with Gasteiger partial charge in [0.1, 0.15) is 0 Å². The summed E-state index contributed by atoms with van der Waals surface area (Å²) < 4.78 is 15.8. The van der Waals surface area contributed by atoms with E-state index in [1.54, 1.807) is 0 Å². The van der Waals surface area contributed by atoms with E-state index in [1.165, 1.54) is 51.0 Å². The number of nitrogens with zero attached hydrogens (tertiary/aromatic N) is 5. The van der Waals surface area contributed by atoms with E-state index in [-0.39, 0.29) is 11.0 Å². The number of piperazine rings is 1. The second-order valence-corrected chi connectivity index (χ2v) is 23.5. The van der Waals surface area contributed by atoms with Crippen molar-refractivity contribution in [2.45, 2.75) is 204 Å². The minimum atomic E-state index is 0.0220. The Bertz CT molecular complexity index is 1170. The predicted molar refractivity (Wildman–Crippen MR) is 254 cm³/mol. The van der Waals surface area contributed by atoms with Gasteiger partial charge in [0.05, 0.1) is 38.1 Å². The van der Waals surface area contributed by atoms with Crippen LogP contribution in [0.5, 0.6) is 0 Å². The van der Waals surface area contributed by atoms with Crippen LogP contribution in [0.15, 0.2) is 18.3 Å². The molecule has 1 saturated carbocycles. The third-order valence-corrected chi connectivity index (χ3v) is 11.3. The van der Waals surface area contributed by atoms with Crippen molar-refractivity contribution in [1.82, 2.24) is 24.6 Å². The van der Waals surface area contributed by atoms with Crippen LogP contribution in [0.3, 0.4) is 0 Å². The van der Waals surface area contributed by atoms with E-state index in [0.29, 0.717) is 28.1 Å². The molecule has 0 amide bonds. The third kappa shape index (κ3) is 26.3. The quantitative estimate of drug-likeness (QED) is 0.292. The first kappa shape index (κ1) is 56.9. The molecule has 4 fully saturated rings. The molecule has 0 radical (unpaired) electrons. The molecule has 4 aliphatic rings. The van der Waals surface area contributed by atoms with Crippen LogP contribution in [0.1, 0.15) is 169 Å². The first-order valence-electron chi connectivity index (χ1n) is 22.8. The number of rotatable bonds is 2. The van der Waals surface area contributed by atoms with Crippen molar-refractivity contribution in [2.24, 2.45) is 11.3 Å². The number of morpholine rings is 1. The van der Waals surface area contributed by atoms with Crippen molar-refractivity contribution in [3.63, 3.8) is 0 Å². The zero-order valence-electron chi connectivity index (χ0n) is 43.1. The third-order valence-electron chi connectivity index (χ3n) is 11.3. The molecule has 1 aromatic rings. The van der Waals surface area contributed by atoms with Gasteiger partial charge in [-0.3, -0.25) is 19.7 Å². The molecule has 0 aromatic carbocycles. The number of pyridine rings is 1. The van der Waals surface area contributed by atoms with Crippen molar-refractivity contribution in [1.29, 1.82) is 0 Å². The summed E-state index contributed by atoms with van der Waals surface area (Å²) in [7, 11) is 4.17. The molecule has 5 rings (SSSR count). The summed E-state index contributed by atoms with van der Waals surface area (Å²) in [5.41, 5.74) is 4.07. The largest absolute Gasteiger partial charge is 0.381 e. The van der Waals surface area contributed by atoms with Gasteiger partial charge in [0.25, 0.3) is 0 Å². The summed E-state index contributed by atoms with van der Waals surface area (Å²) in [5.74, 6) is 0.808. The van der Waals surface area contributed by atoms with E-state index >= 15 is 0 Å². The maximum atomic E-state index is 5.44. The average molecular weight is 820 g/mol. The molecule has 0 spiro atoms. The number of aryl methyl sites for hydroxylation is 1. The van der Waals surface area contributed by atoms with E-state index in [9.17, 15) is 0 Å². The van der Waals surface area contributed by atoms with Crippen molar-refractivity contribution in [2.75, 3.05) is 79.8 Å². The van der Waals surface area contributed by atoms with Gasteiger partial charge in [-0.2, -0.15) is 0 Å². The lowest BCUT2D eigenvalue weighted by Gasteiger charge is -2.46. The van der Waals surface area contributed by atoms with Gasteiger partial charge in [-0.15, -0.1) is 0 Å². The van der Waals surface area contributed by atoms with Crippen LogP contribution in [-0.2, 0) is 19.6 Å². The highest BCUT2D eigenvalue weighted by atomic mass is 16.5. The van der Waals surface area contributed by atoms with Gasteiger partial charge < -0.3 is 19.1 Å². The summed E-state index contributed by atoms with van der Waals surface area (Å²) >= 11 is 0. The molecule has 4 heterocycles. The molecule has 8 heteroatoms. The molecule has 8 nitrogen and oxygen atoms in total. The molecule has 0 atom stereocenters. The summed E-state index contributed by atoms with van der Waals surface area (Å²) in [6.07, 6.45) is 6.63. The zero-order valence-corrected chi connectivity index (χ0v) is 43.1. The van der Waals surface area contributed by atoms with Crippen LogP contribution >= 0.6 is 0 Å². The summed E-state index contributed by atoms with van der Waals surface area (Å²) in [6.45, 7) is 57.0. The Kier molecular flexibility index (Phi) is 24.6. The van der Waals surface area contributed by atoms with E-state index < -0.39 is 0 Å². The Morgan fingerprint density at radius 1 is 0.672 bits per heavy atom. The number of aromatic nitrogens is 1. The van der Waals surface area contributed by atoms with Crippen LogP contribution in [0, 0.1) is 18.3 Å². The minimum absolute atomic E-state index is 0.0220. The zero-order chi connectivity index (χ0) is 45.3. The van der Waals surface area contributed by atoms with Crippen molar-refractivity contribution in [3.8, 4) is 0 Å². The van der Waals surface area contributed by atoms with Crippen LogP contribution in [0.4, 0.5) is 0 Å². The van der Waals surface area contributed by atoms with Crippen LogP contribution < -0.4 is 0 Å². The molecule has 3 aliphatic heterocycles. The molecule has 3 saturated heterocycles. The van der Waals surface area contributed by atoms with E-state index in [1.807, 2.05) is 20.0 Å². The molecular weight excluding hydrogens is 719 g/mol. The summed E-state index contributed by atoms with van der Waals surface area (Å²) in [5, 5.41) is 0. The highest BCUT2D eigenvalue weighted by Gasteiger charge is 2.32. The number of ether oxygens (including phenoxy) is 3. The lowest BCUT2D eigenvalue weighted by atomic mass is 9.80. The van der Waals surface area contributed by atoms with Crippen molar-refractivity contribution < 1.29 is 14.2 Å². The molecule has 0 bridgehead atoms. The molecule has 1 aromatic heterocycles. The van der Waals surface area contributed by atoms with Crippen molar-refractivity contribution in [3.05, 3.63) is 29.6 Å². The van der Waals surface area contributed by atoms with E-state index in [0.717, 1.165) is 57.2 Å². The standard InChI is InChI=1S/C12H24N2.C10H15N.C8H17NO.C7H14O.C7H16O.C6H15N/c1-12(2,3)14-9-7-13(8-10-14)11-5-4-6-11;1-8-5-6-9(11-7-8)10(2,3)4;1-8(2,3)9-4-6-10-7-5-9;1-7(2,3)6-4-8-5-6;1-6(2)8-7(3,4)5;1-6(2,3)7(4)5/h11H,4-10H2,1-3H3;5-7H,1-4H3;4-7H2,1-3H3;6H,4-5H2,1-3H3;6H,1-5H3;1-5H3. The minimum Gasteiger partial charge on any atom is -0.381 e. The number of hydrogen-bond acceptors (Lipinski definition) is 8. The maximum absolute atomic E-state index is 5.44. The van der Waals surface area contributed by atoms with Crippen LogP contribution in [0.25, 0.3) is 0 Å². The Morgan fingerprint density at radius 2 is 1.12 bits per heavy atom. The molecule has 344 valence electrons. The van der Waals surface area contributed by atoms with Gasteiger partial charge in [-0.1, -0.05) is 54.0 Å². The van der Waals surface area contributed by atoms with Gasteiger partial charge >= 0.3 is 0 Å². The second-order valence-electron chi connectivity index (χ2n) is 23.5. The lowest BCUT2D eigenvalue weighted by Crippen LogP contribution is -2.56. The SMILES string of the molecule is CC(C)(C)C1COC1.CC(C)(C)N1CCN(C2CCC2)CC1.CC(C)(C)N1CCOCC1.CC(C)OC(C)(C)C.CN(C)C(C)(C)C.Cc1ccc(C(C)(C)C)nc1. The molecule has 58 heavy (non-hydrogen) atoms. The highest BCUT2D eigenvalue weighted by Crippen LogP contribution is 2.31. The Balaban J connectivity index is 0.000000685. The predicted octanol–water partition coefficient (Wildman–Crippen LogP) is 11.0. The Hall–Kier alpha value is -1.13. The number of hydrogen-bond donors (Lipinski definition) is 0. The van der Waals surface area contributed by atoms with E-state index in [4.69, 9.17) is 14.2 Å². The normalized spacial score (nSPS) is 19.3. The fraction of sp³-hybridized carbons (Fsp3) is 0.900. The Morgan fingerprint density at radius 3 is 1.33 bits per heavy atom. The molecule has 1 aliphatic carbocycles. The molecular formula is C50H101N5O3. The first-order valence-corrected chi connectivity index (χ1v) is 22.8. The average Bonchev–Trinajstić information content (AvgIpc) is 2.98. The topological polar surface area (TPSA) is 53.5 Å². The fourth-order valence-electron chi connectivity index (χ4n) is 6.10. The van der Waals surface area contributed by atoms with Crippen molar-refractivity contribution >= 4 is 0 Å². The molecule has 0 unspecified atom stereocenters. The maximum Gasteiger partial charge on any atom is 0.0601 e. The highest BCUT2D eigenvalue weighted by molar-refractivity contribution is 5.17. The van der Waals surface area contributed by atoms with Gasteiger partial charge in [-0.25, -0.2) is 0 Å². The summed E-state index contributed by atoms with van der Waals surface area (Å²) in [4.78, 5) is 14.3. The lowest BCUT2D eigenvalue weighted by molar-refractivity contribution is -0.0821. The van der Waals surface area contributed by atoms with Gasteiger partial charge in [0, 0.05) is 85.2 Å². The van der Waals surface area contributed by atoms with Crippen LogP contribution in [0.2, 0.25) is 0 Å². The second kappa shape index (κ2) is 25.1. The first-order chi connectivity index (χ1) is 26.1. The van der Waals surface area contributed by atoms with Crippen LogP contribution in [-0.4, -0.2) is 139 Å². The van der Waals surface area contributed by atoms with Gasteiger partial charge in [0.2, 0.25) is 0 Å². The fourth-order valence-corrected chi connectivity index (χ4v) is 6.10. The van der Waals surface area contributed by atoms with Gasteiger partial charge in [0.15, 0.2) is 0 Å². The monoisotopic (exact) mass is 820 g/mol. The van der Waals surface area contributed by atoms with E-state index in [2.05, 4.69) is 182 Å². The summed E-state index contributed by atoms with van der Waals surface area (Å²) in [6, 6.07) is 5.14. The Labute approximate surface area is 362 Å². The smallest absolute Gasteiger partial charge is 0.0601 e.